The van der Waals surface area contributed by atoms with Crippen molar-refractivity contribution in [1.82, 2.24) is 15.1 Å². The monoisotopic (exact) mass is 327 g/mol. The molecule has 2 aromatic rings. The van der Waals surface area contributed by atoms with Gasteiger partial charge in [0.15, 0.2) is 0 Å². The number of hydrogen-bond acceptors (Lipinski definition) is 3. The Morgan fingerprint density at radius 2 is 2.22 bits per heavy atom. The van der Waals surface area contributed by atoms with Gasteiger partial charge in [0.1, 0.15) is 0 Å². The van der Waals surface area contributed by atoms with Crippen molar-refractivity contribution < 1.29 is 0 Å². The third kappa shape index (κ3) is 2.84. The summed E-state index contributed by atoms with van der Waals surface area (Å²) < 4.78 is 3.12. The molecule has 0 saturated carbocycles. The normalized spacial score (nSPS) is 12.9. The van der Waals surface area contributed by atoms with E-state index >= 15 is 0 Å². The molecule has 0 aliphatic rings. The van der Waals surface area contributed by atoms with Gasteiger partial charge in [-0.15, -0.1) is 11.3 Å². The second-order valence-electron chi connectivity index (χ2n) is 4.53. The number of nitrogens with one attached hydrogen (secondary N) is 1. The van der Waals surface area contributed by atoms with Crippen molar-refractivity contribution in [3.63, 3.8) is 0 Å². The van der Waals surface area contributed by atoms with E-state index in [0.29, 0.717) is 6.04 Å². The maximum Gasteiger partial charge on any atom is 0.0540 e. The molecule has 3 nitrogen and oxygen atoms in total. The Labute approximate surface area is 120 Å². The summed E-state index contributed by atoms with van der Waals surface area (Å²) in [5.41, 5.74) is 2.49. The quantitative estimate of drug-likeness (QED) is 0.927. The van der Waals surface area contributed by atoms with E-state index in [0.717, 1.165) is 6.54 Å². The first-order chi connectivity index (χ1) is 8.49. The van der Waals surface area contributed by atoms with Crippen molar-refractivity contribution >= 4 is 27.3 Å². The average Bonchev–Trinajstić information content (AvgIpc) is 2.82. The summed E-state index contributed by atoms with van der Waals surface area (Å²) in [6, 6.07) is 2.51. The van der Waals surface area contributed by atoms with E-state index in [1.54, 1.807) is 0 Å². The minimum absolute atomic E-state index is 0.319. The third-order valence-corrected chi connectivity index (χ3v) is 5.37. The number of thiophene rings is 1. The molecule has 5 heteroatoms. The fourth-order valence-electron chi connectivity index (χ4n) is 1.91. The van der Waals surface area contributed by atoms with Gasteiger partial charge >= 0.3 is 0 Å². The lowest BCUT2D eigenvalue weighted by atomic mass is 10.1. The molecule has 0 aliphatic carbocycles. The molecule has 0 fully saturated rings. The second kappa shape index (κ2) is 5.55. The summed E-state index contributed by atoms with van der Waals surface area (Å²) in [4.78, 5) is 2.68. The van der Waals surface area contributed by atoms with Crippen LogP contribution < -0.4 is 5.32 Å². The van der Waals surface area contributed by atoms with E-state index in [-0.39, 0.29) is 0 Å². The first kappa shape index (κ1) is 13.8. The molecule has 0 saturated heterocycles. The molecule has 0 amide bonds. The Morgan fingerprint density at radius 1 is 1.50 bits per heavy atom. The van der Waals surface area contributed by atoms with Crippen LogP contribution in [0.1, 0.15) is 34.0 Å². The minimum Gasteiger partial charge on any atom is -0.305 e. The van der Waals surface area contributed by atoms with Crippen LogP contribution in [0.15, 0.2) is 16.7 Å². The van der Waals surface area contributed by atoms with Crippen molar-refractivity contribution in [1.29, 1.82) is 0 Å². The molecular formula is C13H18BrN3S. The highest BCUT2D eigenvalue weighted by molar-refractivity contribution is 9.10. The van der Waals surface area contributed by atoms with Crippen molar-refractivity contribution in [2.45, 2.75) is 33.4 Å². The molecule has 1 unspecified atom stereocenters. The SMILES string of the molecule is Cc1sc(CNC(C)c2cnn(C)c2C)cc1Br. The molecule has 0 radical (unpaired) electrons. The van der Waals surface area contributed by atoms with Crippen molar-refractivity contribution in [2.24, 2.45) is 7.05 Å². The number of aryl methyl sites for hydroxylation is 2. The second-order valence-corrected chi connectivity index (χ2v) is 6.72. The summed E-state index contributed by atoms with van der Waals surface area (Å²) >= 11 is 5.38. The van der Waals surface area contributed by atoms with E-state index in [1.165, 1.54) is 25.5 Å². The lowest BCUT2D eigenvalue weighted by Gasteiger charge is -2.12. The van der Waals surface area contributed by atoms with Crippen molar-refractivity contribution in [3.05, 3.63) is 37.7 Å². The average molecular weight is 328 g/mol. The lowest BCUT2D eigenvalue weighted by Crippen LogP contribution is -2.18. The zero-order valence-electron chi connectivity index (χ0n) is 11.1. The van der Waals surface area contributed by atoms with Gasteiger partial charge in [-0.3, -0.25) is 4.68 Å². The van der Waals surface area contributed by atoms with Gasteiger partial charge in [-0.2, -0.15) is 5.10 Å². The van der Waals surface area contributed by atoms with E-state index in [2.05, 4.69) is 53.2 Å². The molecule has 0 aliphatic heterocycles. The van der Waals surface area contributed by atoms with Crippen LogP contribution >= 0.6 is 27.3 Å². The molecule has 1 N–H and O–H groups in total. The maximum atomic E-state index is 4.28. The Morgan fingerprint density at radius 3 is 2.72 bits per heavy atom. The summed E-state index contributed by atoms with van der Waals surface area (Å²) in [5.74, 6) is 0. The highest BCUT2D eigenvalue weighted by atomic mass is 79.9. The predicted octanol–water partition coefficient (Wildman–Crippen LogP) is 3.71. The van der Waals surface area contributed by atoms with Gasteiger partial charge in [0.25, 0.3) is 0 Å². The third-order valence-electron chi connectivity index (χ3n) is 3.23. The number of aromatic nitrogens is 2. The summed E-state index contributed by atoms with van der Waals surface area (Å²) in [6.07, 6.45) is 1.95. The molecule has 0 bridgehead atoms. The Kier molecular flexibility index (Phi) is 4.25. The summed E-state index contributed by atoms with van der Waals surface area (Å²) in [7, 11) is 1.98. The zero-order valence-corrected chi connectivity index (χ0v) is 13.5. The number of hydrogen-bond donors (Lipinski definition) is 1. The molecule has 0 aromatic carbocycles. The molecule has 2 aromatic heterocycles. The summed E-state index contributed by atoms with van der Waals surface area (Å²) in [6.45, 7) is 7.31. The van der Waals surface area contributed by atoms with Crippen LogP contribution in [0.3, 0.4) is 0 Å². The lowest BCUT2D eigenvalue weighted by molar-refractivity contribution is 0.574. The zero-order chi connectivity index (χ0) is 13.3. The van der Waals surface area contributed by atoms with Gasteiger partial charge in [-0.05, 0) is 42.8 Å². The van der Waals surface area contributed by atoms with Gasteiger partial charge in [0.2, 0.25) is 0 Å². The number of nitrogens with zero attached hydrogens (tertiary/aromatic N) is 2. The molecule has 98 valence electrons. The molecule has 2 heterocycles. The van der Waals surface area contributed by atoms with Gasteiger partial charge < -0.3 is 5.32 Å². The predicted molar refractivity (Wildman–Crippen MR) is 80.0 cm³/mol. The molecular weight excluding hydrogens is 310 g/mol. The largest absolute Gasteiger partial charge is 0.305 e. The first-order valence-electron chi connectivity index (χ1n) is 5.95. The van der Waals surface area contributed by atoms with Gasteiger partial charge in [-0.25, -0.2) is 0 Å². The fourth-order valence-corrected chi connectivity index (χ4v) is 3.46. The molecule has 2 rings (SSSR count). The maximum absolute atomic E-state index is 4.28. The number of rotatable bonds is 4. The van der Waals surface area contributed by atoms with Crippen LogP contribution in [0.4, 0.5) is 0 Å². The smallest absolute Gasteiger partial charge is 0.0540 e. The Hall–Kier alpha value is -0.650. The van der Waals surface area contributed by atoms with Crippen LogP contribution in [0.2, 0.25) is 0 Å². The standard InChI is InChI=1S/C13H18BrN3S/c1-8(12-7-16-17(4)9(12)2)15-6-11-5-13(14)10(3)18-11/h5,7-8,15H,6H2,1-4H3. The van der Waals surface area contributed by atoms with E-state index in [1.807, 2.05) is 29.3 Å². The number of halogens is 1. The minimum atomic E-state index is 0.319. The van der Waals surface area contributed by atoms with E-state index < -0.39 is 0 Å². The van der Waals surface area contributed by atoms with E-state index in [4.69, 9.17) is 0 Å². The first-order valence-corrected chi connectivity index (χ1v) is 7.56. The molecule has 1 atom stereocenters. The van der Waals surface area contributed by atoms with E-state index in [9.17, 15) is 0 Å². The van der Waals surface area contributed by atoms with Crippen LogP contribution in [0.5, 0.6) is 0 Å². The fraction of sp³-hybridized carbons (Fsp3) is 0.462. The summed E-state index contributed by atoms with van der Waals surface area (Å²) in [5, 5.41) is 7.83. The van der Waals surface area contributed by atoms with Gasteiger partial charge in [0, 0.05) is 45.1 Å². The molecule has 0 spiro atoms. The Balaban J connectivity index is 2.00. The van der Waals surface area contributed by atoms with Crippen LogP contribution in [0, 0.1) is 13.8 Å². The van der Waals surface area contributed by atoms with Gasteiger partial charge in [0.05, 0.1) is 6.20 Å². The highest BCUT2D eigenvalue weighted by Crippen LogP contribution is 2.27. The van der Waals surface area contributed by atoms with Crippen molar-refractivity contribution in [2.75, 3.05) is 0 Å². The van der Waals surface area contributed by atoms with Crippen molar-refractivity contribution in [3.8, 4) is 0 Å². The van der Waals surface area contributed by atoms with Crippen LogP contribution in [-0.4, -0.2) is 9.78 Å². The van der Waals surface area contributed by atoms with Crippen LogP contribution in [-0.2, 0) is 13.6 Å². The van der Waals surface area contributed by atoms with Gasteiger partial charge in [-0.1, -0.05) is 0 Å². The van der Waals surface area contributed by atoms with Crippen LogP contribution in [0.25, 0.3) is 0 Å². The Bertz CT molecular complexity index is 525. The topological polar surface area (TPSA) is 29.9 Å². The molecule has 18 heavy (non-hydrogen) atoms. The highest BCUT2D eigenvalue weighted by Gasteiger charge is 2.12.